The average Bonchev–Trinajstić information content (AvgIpc) is 2.54. The first-order valence-electron chi connectivity index (χ1n) is 7.79. The van der Waals surface area contributed by atoms with Crippen LogP contribution in [0.3, 0.4) is 0 Å². The van der Waals surface area contributed by atoms with Crippen molar-refractivity contribution >= 4 is 17.8 Å². The van der Waals surface area contributed by atoms with Gasteiger partial charge in [-0.3, -0.25) is 14.3 Å². The van der Waals surface area contributed by atoms with Crippen LogP contribution < -0.4 is 5.56 Å². The third-order valence-electron chi connectivity index (χ3n) is 3.94. The molecule has 3 rings (SSSR count). The molecule has 0 aliphatic carbocycles. The Hall–Kier alpha value is -1.88. The Morgan fingerprint density at radius 3 is 2.74 bits per heavy atom. The number of aromatic nitrogens is 3. The van der Waals surface area contributed by atoms with Gasteiger partial charge in [-0.2, -0.15) is 0 Å². The van der Waals surface area contributed by atoms with Crippen LogP contribution in [-0.4, -0.2) is 20.3 Å². The van der Waals surface area contributed by atoms with Crippen molar-refractivity contribution in [2.75, 3.05) is 5.75 Å². The predicted molar refractivity (Wildman–Crippen MR) is 95.9 cm³/mol. The van der Waals surface area contributed by atoms with Crippen molar-refractivity contribution in [3.8, 4) is 11.3 Å². The fraction of sp³-hybridized carbons (Fsp3) is 0.389. The highest BCUT2D eigenvalue weighted by Crippen LogP contribution is 2.28. The van der Waals surface area contributed by atoms with Crippen LogP contribution in [0.1, 0.15) is 38.4 Å². The van der Waals surface area contributed by atoms with Gasteiger partial charge in [0.25, 0.3) is 5.56 Å². The summed E-state index contributed by atoms with van der Waals surface area (Å²) >= 11 is 1.64. The van der Waals surface area contributed by atoms with Gasteiger partial charge in [-0.15, -0.1) is 0 Å². The van der Waals surface area contributed by atoms with E-state index in [2.05, 4.69) is 32.3 Å². The molecule has 0 atom stereocenters. The molecule has 0 spiro atoms. The lowest BCUT2D eigenvalue weighted by Crippen LogP contribution is -2.28. The molecule has 0 amide bonds. The zero-order chi connectivity index (χ0) is 16.6. The van der Waals surface area contributed by atoms with Crippen LogP contribution in [-0.2, 0) is 12.0 Å². The van der Waals surface area contributed by atoms with E-state index >= 15 is 0 Å². The summed E-state index contributed by atoms with van der Waals surface area (Å²) in [6.07, 6.45) is 4.41. The molecule has 0 radical (unpaired) electrons. The lowest BCUT2D eigenvalue weighted by molar-refractivity contribution is 0.562. The van der Waals surface area contributed by atoms with Crippen LogP contribution in [0.15, 0.2) is 34.9 Å². The molecular weight excluding hydrogens is 306 g/mol. The van der Waals surface area contributed by atoms with E-state index in [0.29, 0.717) is 11.3 Å². The highest BCUT2D eigenvalue weighted by Gasteiger charge is 2.20. The zero-order valence-corrected chi connectivity index (χ0v) is 14.6. The number of fused-ring (bicyclic) bond motifs is 1. The van der Waals surface area contributed by atoms with Crippen LogP contribution in [0.4, 0.5) is 0 Å². The van der Waals surface area contributed by atoms with Gasteiger partial charge in [-0.25, -0.2) is 4.98 Å². The molecule has 0 unspecified atom stereocenters. The van der Waals surface area contributed by atoms with Gasteiger partial charge in [0.1, 0.15) is 0 Å². The Morgan fingerprint density at radius 1 is 1.35 bits per heavy atom. The smallest absolute Gasteiger partial charge is 0.262 e. The summed E-state index contributed by atoms with van der Waals surface area (Å²) in [7, 11) is 0. The van der Waals surface area contributed by atoms with E-state index in [9.17, 15) is 4.79 Å². The molecule has 23 heavy (non-hydrogen) atoms. The normalized spacial score (nSPS) is 14.4. The van der Waals surface area contributed by atoms with Crippen molar-refractivity contribution in [2.45, 2.75) is 44.3 Å². The van der Waals surface area contributed by atoms with Gasteiger partial charge in [0.05, 0.1) is 11.3 Å². The maximum absolute atomic E-state index is 12.7. The maximum atomic E-state index is 12.7. The van der Waals surface area contributed by atoms with Gasteiger partial charge in [0.15, 0.2) is 5.16 Å². The average molecular weight is 327 g/mol. The standard InChI is InChI=1S/C18H21N3OS/c1-5-13-15(12-7-8-14(19-11-12)18(2,3)4)20-17-21(16(13)22)9-6-10-23-17/h5,7-8,11H,1,6,9-10H2,2-4H3. The number of nitrogens with zero attached hydrogens (tertiary/aromatic N) is 3. The minimum atomic E-state index is -0.00732. The monoisotopic (exact) mass is 327 g/mol. The highest BCUT2D eigenvalue weighted by molar-refractivity contribution is 7.99. The topological polar surface area (TPSA) is 47.8 Å². The highest BCUT2D eigenvalue weighted by atomic mass is 32.2. The Morgan fingerprint density at radius 2 is 2.13 bits per heavy atom. The summed E-state index contributed by atoms with van der Waals surface area (Å²) in [5.74, 6) is 1.00. The number of pyridine rings is 1. The summed E-state index contributed by atoms with van der Waals surface area (Å²) in [5, 5.41) is 0.793. The molecule has 2 aromatic heterocycles. The molecule has 3 heterocycles. The quantitative estimate of drug-likeness (QED) is 0.788. The molecule has 0 saturated heterocycles. The van der Waals surface area contributed by atoms with Crippen LogP contribution in [0.5, 0.6) is 0 Å². The summed E-state index contributed by atoms with van der Waals surface area (Å²) in [5.41, 5.74) is 3.11. The van der Waals surface area contributed by atoms with Gasteiger partial charge in [-0.1, -0.05) is 45.2 Å². The molecule has 5 heteroatoms. The van der Waals surface area contributed by atoms with E-state index in [-0.39, 0.29) is 11.0 Å². The largest absolute Gasteiger partial charge is 0.287 e. The summed E-state index contributed by atoms with van der Waals surface area (Å²) in [6, 6.07) is 4.00. The Bertz CT molecular complexity index is 801. The minimum absolute atomic E-state index is 0.00151. The lowest BCUT2D eigenvalue weighted by atomic mass is 9.91. The molecular formula is C18H21N3OS. The van der Waals surface area contributed by atoms with Crippen LogP contribution in [0.2, 0.25) is 0 Å². The second-order valence-corrected chi connectivity index (χ2v) is 7.76. The Kier molecular flexibility index (Phi) is 4.15. The molecule has 0 saturated carbocycles. The van der Waals surface area contributed by atoms with Crippen LogP contribution in [0, 0.1) is 0 Å². The first-order valence-corrected chi connectivity index (χ1v) is 8.77. The molecule has 0 aromatic carbocycles. The van der Waals surface area contributed by atoms with Crippen molar-refractivity contribution in [1.29, 1.82) is 0 Å². The third kappa shape index (κ3) is 2.98. The van der Waals surface area contributed by atoms with Crippen LogP contribution >= 0.6 is 11.8 Å². The predicted octanol–water partition coefficient (Wildman–Crippen LogP) is 3.74. The molecule has 0 N–H and O–H groups in total. The van der Waals surface area contributed by atoms with E-state index in [1.807, 2.05) is 12.1 Å². The molecule has 120 valence electrons. The second-order valence-electron chi connectivity index (χ2n) is 6.70. The molecule has 4 nitrogen and oxygen atoms in total. The molecule has 1 aliphatic heterocycles. The Balaban J connectivity index is 2.14. The maximum Gasteiger partial charge on any atom is 0.262 e. The first kappa shape index (κ1) is 16.0. The van der Waals surface area contributed by atoms with Crippen molar-refractivity contribution in [2.24, 2.45) is 0 Å². The van der Waals surface area contributed by atoms with Gasteiger partial charge in [-0.05, 0) is 18.6 Å². The van der Waals surface area contributed by atoms with E-state index in [1.165, 1.54) is 0 Å². The molecule has 0 bridgehead atoms. The molecule has 0 fully saturated rings. The number of hydrogen-bond donors (Lipinski definition) is 0. The fourth-order valence-electron chi connectivity index (χ4n) is 2.62. The summed E-state index contributed by atoms with van der Waals surface area (Å²) < 4.78 is 1.76. The first-order chi connectivity index (χ1) is 10.9. The van der Waals surface area contributed by atoms with Gasteiger partial charge >= 0.3 is 0 Å². The van der Waals surface area contributed by atoms with Gasteiger partial charge < -0.3 is 0 Å². The molecule has 1 aliphatic rings. The second kappa shape index (κ2) is 5.96. The Labute approximate surface area is 140 Å². The van der Waals surface area contributed by atoms with Crippen molar-refractivity contribution in [1.82, 2.24) is 14.5 Å². The van der Waals surface area contributed by atoms with E-state index in [1.54, 1.807) is 28.6 Å². The van der Waals surface area contributed by atoms with Gasteiger partial charge in [0.2, 0.25) is 0 Å². The summed E-state index contributed by atoms with van der Waals surface area (Å²) in [6.45, 7) is 10.9. The minimum Gasteiger partial charge on any atom is -0.287 e. The number of thioether (sulfide) groups is 1. The summed E-state index contributed by atoms with van der Waals surface area (Å²) in [4.78, 5) is 22.0. The van der Waals surface area contributed by atoms with E-state index < -0.39 is 0 Å². The van der Waals surface area contributed by atoms with E-state index in [4.69, 9.17) is 4.98 Å². The zero-order valence-electron chi connectivity index (χ0n) is 13.8. The van der Waals surface area contributed by atoms with Gasteiger partial charge in [0, 0.05) is 35.2 Å². The SMILES string of the molecule is C=Cc1c(-c2ccc(C(C)(C)C)nc2)nc2n(c1=O)CCCS2. The lowest BCUT2D eigenvalue weighted by Gasteiger charge is -2.20. The third-order valence-corrected chi connectivity index (χ3v) is 5.00. The van der Waals surface area contributed by atoms with Crippen molar-refractivity contribution < 1.29 is 0 Å². The van der Waals surface area contributed by atoms with Crippen molar-refractivity contribution in [3.05, 3.63) is 46.5 Å². The van der Waals surface area contributed by atoms with Crippen molar-refractivity contribution in [3.63, 3.8) is 0 Å². The number of hydrogen-bond acceptors (Lipinski definition) is 4. The van der Waals surface area contributed by atoms with Crippen LogP contribution in [0.25, 0.3) is 17.3 Å². The number of rotatable bonds is 2. The fourth-order valence-corrected chi connectivity index (χ4v) is 3.57. The molecule has 2 aromatic rings. The van der Waals surface area contributed by atoms with E-state index in [0.717, 1.165) is 35.1 Å².